The third kappa shape index (κ3) is 24.2. The largest absolute Gasteiger partial charge is 0.291 e. The molecule has 0 rings (SSSR count). The van der Waals surface area contributed by atoms with Crippen molar-refractivity contribution < 1.29 is 9.07 Å². The second-order valence-corrected chi connectivity index (χ2v) is 0.204. The van der Waals surface area contributed by atoms with E-state index in [0.717, 1.165) is 0 Å². The fourth-order valence-corrected chi connectivity index (χ4v) is 0. The fourth-order valence-electron chi connectivity index (χ4n) is 0. The van der Waals surface area contributed by atoms with Crippen molar-refractivity contribution in [2.75, 3.05) is 0 Å². The molecule has 27 valence electrons. The van der Waals surface area contributed by atoms with Crippen molar-refractivity contribution in [1.82, 2.24) is 0 Å². The Hall–Kier alpha value is 0.469. The SMILES string of the molecule is C[C]=O.[HH].[HH].[HH].[Sn]. The molecule has 0 spiro atoms. The Morgan fingerprint density at radius 1 is 2.00 bits per heavy atom. The van der Waals surface area contributed by atoms with E-state index in [1.807, 2.05) is 0 Å². The van der Waals surface area contributed by atoms with Gasteiger partial charge in [-0.05, 0) is 0 Å². The number of rotatable bonds is 0. The van der Waals surface area contributed by atoms with Crippen LogP contribution in [0.1, 0.15) is 11.2 Å². The average Bonchev–Trinajstić information content (AvgIpc) is 0.918. The van der Waals surface area contributed by atoms with Gasteiger partial charge in [-0.25, -0.2) is 0 Å². The smallest absolute Gasteiger partial charge is 0.195 e. The molecule has 4 heavy (non-hydrogen) atoms. The maximum absolute atomic E-state index is 8.68. The maximum Gasteiger partial charge on any atom is 0.195 e. The van der Waals surface area contributed by atoms with Crippen molar-refractivity contribution >= 4 is 30.2 Å². The first-order valence-corrected chi connectivity index (χ1v) is 0.704. The van der Waals surface area contributed by atoms with Crippen LogP contribution in [-0.4, -0.2) is 30.2 Å². The van der Waals surface area contributed by atoms with Gasteiger partial charge in [-0.2, -0.15) is 0 Å². The Bertz CT molecular complexity index is 20.4. The van der Waals surface area contributed by atoms with Crippen LogP contribution >= 0.6 is 0 Å². The first kappa shape index (κ1) is 8.82. The number of hydrogen-bond acceptors (Lipinski definition) is 1. The van der Waals surface area contributed by atoms with E-state index in [9.17, 15) is 0 Å². The Labute approximate surface area is 46.8 Å². The topological polar surface area (TPSA) is 17.1 Å². The van der Waals surface area contributed by atoms with Crippen LogP contribution in [0.15, 0.2) is 0 Å². The van der Waals surface area contributed by atoms with E-state index in [1.165, 1.54) is 13.2 Å². The molecule has 5 radical (unpaired) electrons. The predicted molar refractivity (Wildman–Crippen MR) is 23.5 cm³/mol. The summed E-state index contributed by atoms with van der Waals surface area (Å²) in [4.78, 5) is 8.68. The zero-order chi connectivity index (χ0) is 2.71. The molecule has 1 nitrogen and oxygen atoms in total. The molecular weight excluding hydrogens is 159 g/mol. The van der Waals surface area contributed by atoms with Gasteiger partial charge in [0.05, 0.1) is 0 Å². The van der Waals surface area contributed by atoms with Crippen LogP contribution in [-0.2, 0) is 4.79 Å². The van der Waals surface area contributed by atoms with Gasteiger partial charge in [-0.1, -0.05) is 0 Å². The summed E-state index contributed by atoms with van der Waals surface area (Å²) in [5, 5.41) is 0. The Kier molecular flexibility index (Phi) is 21.6. The molecule has 0 bridgehead atoms. The molecule has 0 aromatic rings. The second-order valence-electron chi connectivity index (χ2n) is 0.204. The van der Waals surface area contributed by atoms with Gasteiger partial charge in [-0.3, -0.25) is 4.79 Å². The first-order chi connectivity index (χ1) is 1.41. The first-order valence-electron chi connectivity index (χ1n) is 0.704. The van der Waals surface area contributed by atoms with Crippen LogP contribution < -0.4 is 0 Å². The van der Waals surface area contributed by atoms with Crippen molar-refractivity contribution in [2.24, 2.45) is 0 Å². The molecular formula is C2H9OSn. The minimum absolute atomic E-state index is 0. The molecule has 2 heteroatoms. The van der Waals surface area contributed by atoms with Gasteiger partial charge >= 0.3 is 0 Å². The Balaban J connectivity index is -0.00000000333. The van der Waals surface area contributed by atoms with Gasteiger partial charge in [0.2, 0.25) is 0 Å². The van der Waals surface area contributed by atoms with E-state index in [0.29, 0.717) is 0 Å². The second kappa shape index (κ2) is 9.80. The van der Waals surface area contributed by atoms with Crippen molar-refractivity contribution in [1.29, 1.82) is 0 Å². The van der Waals surface area contributed by atoms with E-state index in [-0.39, 0.29) is 28.2 Å². The van der Waals surface area contributed by atoms with Crippen LogP contribution in [0.25, 0.3) is 0 Å². The van der Waals surface area contributed by atoms with E-state index in [2.05, 4.69) is 0 Å². The van der Waals surface area contributed by atoms with Crippen molar-refractivity contribution in [3.8, 4) is 0 Å². The standard InChI is InChI=1S/C2H3O.Sn.3H2/c1-2-3;;;;/h1H3;;3*1H. The summed E-state index contributed by atoms with van der Waals surface area (Å²) in [6, 6.07) is 0. The van der Waals surface area contributed by atoms with E-state index in [4.69, 9.17) is 4.79 Å². The molecule has 0 aliphatic heterocycles. The van der Waals surface area contributed by atoms with Crippen LogP contribution in [0, 0.1) is 0 Å². The van der Waals surface area contributed by atoms with Crippen LogP contribution in [0.5, 0.6) is 0 Å². The third-order valence-electron chi connectivity index (χ3n) is 0. The summed E-state index contributed by atoms with van der Waals surface area (Å²) in [5.74, 6) is 0. The summed E-state index contributed by atoms with van der Waals surface area (Å²) in [6.07, 6.45) is 1.50. The molecule has 0 atom stereocenters. The summed E-state index contributed by atoms with van der Waals surface area (Å²) in [5.41, 5.74) is 0. The number of carbonyl (C=O) groups excluding carboxylic acids is 1. The van der Waals surface area contributed by atoms with Crippen LogP contribution in [0.2, 0.25) is 0 Å². The maximum atomic E-state index is 8.68. The van der Waals surface area contributed by atoms with Gasteiger partial charge in [0.25, 0.3) is 0 Å². The third-order valence-corrected chi connectivity index (χ3v) is 0. The monoisotopic (exact) mass is 169 g/mol. The van der Waals surface area contributed by atoms with E-state index in [1.54, 1.807) is 0 Å². The van der Waals surface area contributed by atoms with Crippen molar-refractivity contribution in [2.45, 2.75) is 6.92 Å². The minimum Gasteiger partial charge on any atom is -0.291 e. The summed E-state index contributed by atoms with van der Waals surface area (Å²) in [7, 11) is 0. The zero-order valence-corrected chi connectivity index (χ0v) is 5.26. The molecule has 0 unspecified atom stereocenters. The molecule has 0 N–H and O–H groups in total. The van der Waals surface area contributed by atoms with Crippen molar-refractivity contribution in [3.63, 3.8) is 0 Å². The molecule has 0 aliphatic carbocycles. The van der Waals surface area contributed by atoms with Crippen molar-refractivity contribution in [3.05, 3.63) is 0 Å². The number of hydrogen-bond donors (Lipinski definition) is 0. The minimum atomic E-state index is 0. The van der Waals surface area contributed by atoms with Gasteiger partial charge in [-0.15, -0.1) is 0 Å². The van der Waals surface area contributed by atoms with E-state index >= 15 is 0 Å². The molecule has 0 saturated heterocycles. The molecule has 0 aliphatic rings. The Morgan fingerprint density at radius 3 is 2.00 bits per heavy atom. The predicted octanol–water partition coefficient (Wildman–Crippen LogP) is 0.473. The van der Waals surface area contributed by atoms with Gasteiger partial charge < -0.3 is 0 Å². The summed E-state index contributed by atoms with van der Waals surface area (Å²) < 4.78 is 0. The molecule has 0 saturated carbocycles. The quantitative estimate of drug-likeness (QED) is 0.480. The molecule has 0 amide bonds. The summed E-state index contributed by atoms with van der Waals surface area (Å²) in [6.45, 7) is 1.32. The van der Waals surface area contributed by atoms with E-state index < -0.39 is 0 Å². The normalized spacial score (nSPS) is 3.25. The zero-order valence-electron chi connectivity index (χ0n) is 2.41. The molecule has 0 aromatic heterocycles. The molecule has 0 heterocycles. The molecule has 0 aromatic carbocycles. The van der Waals surface area contributed by atoms with Gasteiger partial charge in [0.15, 0.2) is 6.29 Å². The fraction of sp³-hybridized carbons (Fsp3) is 0.500. The average molecular weight is 168 g/mol. The van der Waals surface area contributed by atoms with Gasteiger partial charge in [0.1, 0.15) is 0 Å². The van der Waals surface area contributed by atoms with Crippen LogP contribution in [0.3, 0.4) is 0 Å². The summed E-state index contributed by atoms with van der Waals surface area (Å²) >= 11 is 0. The molecule has 0 fully saturated rings. The Morgan fingerprint density at radius 2 is 2.00 bits per heavy atom. The van der Waals surface area contributed by atoms with Gasteiger partial charge in [0, 0.05) is 35.1 Å². The van der Waals surface area contributed by atoms with Crippen LogP contribution in [0.4, 0.5) is 0 Å².